The standard InChI is InChI=1S/C18H21N5O2/c1-14-3-5-15(6-4-14)11-23-17(8-10-20-23)21-18(24)13-25-12-16-7-9-19-22(16)2/h3-10H,11-13H2,1-2H3,(H,21,24). The van der Waals surface area contributed by atoms with Gasteiger partial charge in [-0.2, -0.15) is 10.2 Å². The molecule has 0 bridgehead atoms. The van der Waals surface area contributed by atoms with Crippen molar-refractivity contribution in [3.63, 3.8) is 0 Å². The highest BCUT2D eigenvalue weighted by Gasteiger charge is 2.09. The van der Waals surface area contributed by atoms with Gasteiger partial charge in [0.15, 0.2) is 0 Å². The van der Waals surface area contributed by atoms with E-state index in [-0.39, 0.29) is 12.5 Å². The maximum atomic E-state index is 12.1. The summed E-state index contributed by atoms with van der Waals surface area (Å²) in [6.45, 7) is 2.96. The maximum Gasteiger partial charge on any atom is 0.251 e. The Morgan fingerprint density at radius 1 is 1.12 bits per heavy atom. The number of carbonyl (C=O) groups excluding carboxylic acids is 1. The van der Waals surface area contributed by atoms with Gasteiger partial charge in [0.1, 0.15) is 12.4 Å². The van der Waals surface area contributed by atoms with E-state index in [1.807, 2.05) is 13.1 Å². The molecule has 2 heterocycles. The Bertz CT molecular complexity index is 835. The number of aryl methyl sites for hydroxylation is 2. The van der Waals surface area contributed by atoms with Crippen LogP contribution in [0.1, 0.15) is 16.8 Å². The Labute approximate surface area is 146 Å². The molecule has 0 aliphatic carbocycles. The summed E-state index contributed by atoms with van der Waals surface area (Å²) in [5.74, 6) is 0.433. The Morgan fingerprint density at radius 3 is 2.60 bits per heavy atom. The molecule has 0 fully saturated rings. The lowest BCUT2D eigenvalue weighted by atomic mass is 10.1. The van der Waals surface area contributed by atoms with E-state index in [9.17, 15) is 4.79 Å². The number of carbonyl (C=O) groups is 1. The number of aromatic nitrogens is 4. The third-order valence-corrected chi connectivity index (χ3v) is 3.84. The van der Waals surface area contributed by atoms with Crippen molar-refractivity contribution >= 4 is 11.7 Å². The van der Waals surface area contributed by atoms with Crippen LogP contribution in [0.25, 0.3) is 0 Å². The van der Waals surface area contributed by atoms with Crippen LogP contribution in [0, 0.1) is 6.92 Å². The predicted molar refractivity (Wildman–Crippen MR) is 94.0 cm³/mol. The van der Waals surface area contributed by atoms with Gasteiger partial charge in [-0.3, -0.25) is 9.48 Å². The van der Waals surface area contributed by atoms with Crippen molar-refractivity contribution < 1.29 is 9.53 Å². The highest BCUT2D eigenvalue weighted by Crippen LogP contribution is 2.11. The van der Waals surface area contributed by atoms with Gasteiger partial charge in [0.25, 0.3) is 5.91 Å². The first-order valence-electron chi connectivity index (χ1n) is 8.03. The summed E-state index contributed by atoms with van der Waals surface area (Å²) in [5, 5.41) is 11.2. The van der Waals surface area contributed by atoms with E-state index >= 15 is 0 Å². The smallest absolute Gasteiger partial charge is 0.251 e. The fraction of sp³-hybridized carbons (Fsp3) is 0.278. The largest absolute Gasteiger partial charge is 0.365 e. The van der Waals surface area contributed by atoms with E-state index in [2.05, 4.69) is 46.7 Å². The molecule has 0 unspecified atom stereocenters. The zero-order valence-electron chi connectivity index (χ0n) is 14.3. The fourth-order valence-electron chi connectivity index (χ4n) is 2.40. The minimum Gasteiger partial charge on any atom is -0.365 e. The van der Waals surface area contributed by atoms with Gasteiger partial charge in [0.05, 0.1) is 25.0 Å². The van der Waals surface area contributed by atoms with Gasteiger partial charge in [-0.15, -0.1) is 0 Å². The minimum atomic E-state index is -0.215. The lowest BCUT2D eigenvalue weighted by molar-refractivity contribution is -0.121. The summed E-state index contributed by atoms with van der Waals surface area (Å²) in [6, 6.07) is 11.9. The van der Waals surface area contributed by atoms with Gasteiger partial charge in [-0.1, -0.05) is 29.8 Å². The second-order valence-corrected chi connectivity index (χ2v) is 5.85. The van der Waals surface area contributed by atoms with Crippen LogP contribution >= 0.6 is 0 Å². The van der Waals surface area contributed by atoms with Crippen LogP contribution in [0.5, 0.6) is 0 Å². The molecule has 0 radical (unpaired) electrons. The average molecular weight is 339 g/mol. The molecule has 1 amide bonds. The molecule has 1 aromatic carbocycles. The zero-order valence-corrected chi connectivity index (χ0v) is 14.3. The molecule has 7 heteroatoms. The Kier molecular flexibility index (Phi) is 5.25. The van der Waals surface area contributed by atoms with E-state index in [4.69, 9.17) is 4.74 Å². The van der Waals surface area contributed by atoms with Gasteiger partial charge in [-0.05, 0) is 18.6 Å². The van der Waals surface area contributed by atoms with E-state index in [0.29, 0.717) is 19.0 Å². The average Bonchev–Trinajstić information content (AvgIpc) is 3.19. The number of hydrogen-bond donors (Lipinski definition) is 1. The first-order chi connectivity index (χ1) is 12.1. The monoisotopic (exact) mass is 339 g/mol. The number of ether oxygens (including phenoxy) is 1. The van der Waals surface area contributed by atoms with Crippen LogP contribution in [0.4, 0.5) is 5.82 Å². The van der Waals surface area contributed by atoms with E-state index < -0.39 is 0 Å². The SMILES string of the molecule is Cc1ccc(Cn2nccc2NC(=O)COCc2ccnn2C)cc1. The Balaban J connectivity index is 1.52. The predicted octanol–water partition coefficient (Wildman–Crippen LogP) is 2.13. The Hall–Kier alpha value is -2.93. The molecular formula is C18H21N5O2. The molecule has 0 aliphatic heterocycles. The van der Waals surface area contributed by atoms with Crippen molar-refractivity contribution in [2.75, 3.05) is 11.9 Å². The summed E-state index contributed by atoms with van der Waals surface area (Å²) in [4.78, 5) is 12.1. The molecule has 2 aromatic heterocycles. The maximum absolute atomic E-state index is 12.1. The summed E-state index contributed by atoms with van der Waals surface area (Å²) in [5.41, 5.74) is 3.25. The van der Waals surface area contributed by atoms with Crippen LogP contribution < -0.4 is 5.32 Å². The molecule has 25 heavy (non-hydrogen) atoms. The van der Waals surface area contributed by atoms with Crippen LogP contribution in [0.3, 0.4) is 0 Å². The van der Waals surface area contributed by atoms with Crippen molar-refractivity contribution in [2.24, 2.45) is 7.05 Å². The van der Waals surface area contributed by atoms with Crippen molar-refractivity contribution in [1.29, 1.82) is 0 Å². The van der Waals surface area contributed by atoms with Gasteiger partial charge in [0.2, 0.25) is 0 Å². The normalized spacial score (nSPS) is 10.8. The molecule has 0 spiro atoms. The molecule has 0 saturated heterocycles. The van der Waals surface area contributed by atoms with Gasteiger partial charge in [-0.25, -0.2) is 4.68 Å². The quantitative estimate of drug-likeness (QED) is 0.716. The molecule has 3 rings (SSSR count). The molecule has 0 saturated carbocycles. The van der Waals surface area contributed by atoms with Crippen LogP contribution in [-0.4, -0.2) is 32.1 Å². The Morgan fingerprint density at radius 2 is 1.88 bits per heavy atom. The zero-order chi connectivity index (χ0) is 17.6. The van der Waals surface area contributed by atoms with Crippen LogP contribution in [0.2, 0.25) is 0 Å². The first kappa shape index (κ1) is 16.9. The summed E-state index contributed by atoms with van der Waals surface area (Å²) in [6.07, 6.45) is 3.36. The number of nitrogens with one attached hydrogen (secondary N) is 1. The third kappa shape index (κ3) is 4.54. The fourth-order valence-corrected chi connectivity index (χ4v) is 2.40. The first-order valence-corrected chi connectivity index (χ1v) is 8.03. The molecule has 1 N–H and O–H groups in total. The summed E-state index contributed by atoms with van der Waals surface area (Å²) >= 11 is 0. The van der Waals surface area contributed by atoms with Gasteiger partial charge >= 0.3 is 0 Å². The van der Waals surface area contributed by atoms with Crippen molar-refractivity contribution in [1.82, 2.24) is 19.6 Å². The summed E-state index contributed by atoms with van der Waals surface area (Å²) in [7, 11) is 1.84. The molecule has 0 aliphatic rings. The highest BCUT2D eigenvalue weighted by atomic mass is 16.5. The lowest BCUT2D eigenvalue weighted by Gasteiger charge is -2.10. The number of nitrogens with zero attached hydrogens (tertiary/aromatic N) is 4. The van der Waals surface area contributed by atoms with Crippen LogP contribution in [-0.2, 0) is 29.7 Å². The van der Waals surface area contributed by atoms with Crippen molar-refractivity contribution in [3.8, 4) is 0 Å². The number of benzene rings is 1. The highest BCUT2D eigenvalue weighted by molar-refractivity contribution is 5.90. The lowest BCUT2D eigenvalue weighted by Crippen LogP contribution is -2.21. The summed E-state index contributed by atoms with van der Waals surface area (Å²) < 4.78 is 8.91. The van der Waals surface area contributed by atoms with Crippen LogP contribution in [0.15, 0.2) is 48.8 Å². The molecular weight excluding hydrogens is 318 g/mol. The van der Waals surface area contributed by atoms with Gasteiger partial charge < -0.3 is 10.1 Å². The topological polar surface area (TPSA) is 74.0 Å². The number of amides is 1. The number of hydrogen-bond acceptors (Lipinski definition) is 4. The number of anilines is 1. The second kappa shape index (κ2) is 7.76. The van der Waals surface area contributed by atoms with E-state index in [0.717, 1.165) is 11.3 Å². The third-order valence-electron chi connectivity index (χ3n) is 3.84. The molecule has 7 nitrogen and oxygen atoms in total. The number of rotatable bonds is 7. The van der Waals surface area contributed by atoms with Gasteiger partial charge in [0, 0.05) is 19.3 Å². The van der Waals surface area contributed by atoms with E-state index in [1.165, 1.54) is 5.56 Å². The molecule has 0 atom stereocenters. The molecule has 3 aromatic rings. The van der Waals surface area contributed by atoms with E-state index in [1.54, 1.807) is 27.8 Å². The molecule has 130 valence electrons. The second-order valence-electron chi connectivity index (χ2n) is 5.85. The van der Waals surface area contributed by atoms with Crippen molar-refractivity contribution in [2.45, 2.75) is 20.1 Å². The van der Waals surface area contributed by atoms with Crippen molar-refractivity contribution in [3.05, 3.63) is 65.6 Å². The minimum absolute atomic E-state index is 0.0269.